The number of carbonyl (C=O) groups is 1. The number of rotatable bonds is 0. The monoisotopic (exact) mass is 335 g/mol. The van der Waals surface area contributed by atoms with Crippen LogP contribution in [0.1, 0.15) is 36.0 Å². The van der Waals surface area contributed by atoms with Gasteiger partial charge in [0.05, 0.1) is 11.9 Å². The molecule has 0 aliphatic carbocycles. The number of imidazole rings is 1. The Morgan fingerprint density at radius 3 is 2.60 bits per heavy atom. The minimum Gasteiger partial charge on any atom is -0.369 e. The fraction of sp³-hybridized carbons (Fsp3) is 0.316. The van der Waals surface area contributed by atoms with Crippen LogP contribution in [-0.2, 0) is 0 Å². The molecule has 1 amide bonds. The van der Waals surface area contributed by atoms with Gasteiger partial charge < -0.3 is 10.6 Å². The van der Waals surface area contributed by atoms with E-state index in [4.69, 9.17) is 0 Å². The van der Waals surface area contributed by atoms with Crippen LogP contribution >= 0.6 is 0 Å². The minimum absolute atomic E-state index is 0.0296. The predicted octanol–water partition coefficient (Wildman–Crippen LogP) is 3.11. The van der Waals surface area contributed by atoms with Crippen molar-refractivity contribution in [3.05, 3.63) is 48.2 Å². The minimum atomic E-state index is -0.0296. The summed E-state index contributed by atoms with van der Waals surface area (Å²) in [7, 11) is 0. The van der Waals surface area contributed by atoms with E-state index in [0.717, 1.165) is 55.0 Å². The first kappa shape index (κ1) is 15.6. The number of hydrogen-bond donors (Lipinski definition) is 2. The van der Waals surface area contributed by atoms with E-state index in [1.54, 1.807) is 6.20 Å². The Bertz CT molecular complexity index is 902. The zero-order valence-electron chi connectivity index (χ0n) is 14.0. The maximum Gasteiger partial charge on any atom is 0.251 e. The first-order valence-corrected chi connectivity index (χ1v) is 8.78. The Kier molecular flexibility index (Phi) is 4.33. The molecule has 0 saturated heterocycles. The molecule has 1 aliphatic rings. The average Bonchev–Trinajstić information content (AvgIpc) is 3.06. The lowest BCUT2D eigenvalue weighted by atomic mass is 10.1. The Hall–Kier alpha value is -2.89. The SMILES string of the molecule is O=C1NCCCCCCNc2ccc3ncc(n3n2)-c2cccc1c2. The van der Waals surface area contributed by atoms with E-state index >= 15 is 0 Å². The molecule has 0 saturated carbocycles. The number of amides is 1. The topological polar surface area (TPSA) is 71.3 Å². The summed E-state index contributed by atoms with van der Waals surface area (Å²) < 4.78 is 1.82. The standard InChI is InChI=1S/C19H21N5O/c25-19-15-7-5-6-14(12-15)16-13-22-18-9-8-17(23-24(16)18)20-10-3-1-2-4-11-21-19/h5-9,12-13H,1-4,10-11H2,(H,20,23)(H,21,25). The Balaban J connectivity index is 1.77. The van der Waals surface area contributed by atoms with E-state index in [9.17, 15) is 4.79 Å². The van der Waals surface area contributed by atoms with Gasteiger partial charge in [0.2, 0.25) is 0 Å². The van der Waals surface area contributed by atoms with Crippen molar-refractivity contribution in [2.45, 2.75) is 25.7 Å². The maximum atomic E-state index is 12.4. The lowest BCUT2D eigenvalue weighted by Crippen LogP contribution is -2.24. The highest BCUT2D eigenvalue weighted by Crippen LogP contribution is 2.22. The van der Waals surface area contributed by atoms with Gasteiger partial charge >= 0.3 is 0 Å². The molecule has 2 aromatic heterocycles. The van der Waals surface area contributed by atoms with Crippen molar-refractivity contribution in [3.8, 4) is 11.3 Å². The number of anilines is 1. The van der Waals surface area contributed by atoms with Crippen LogP contribution in [0, 0.1) is 0 Å². The molecule has 1 aliphatic heterocycles. The molecule has 0 atom stereocenters. The Morgan fingerprint density at radius 2 is 1.72 bits per heavy atom. The highest BCUT2D eigenvalue weighted by atomic mass is 16.1. The van der Waals surface area contributed by atoms with Crippen LogP contribution in [0.25, 0.3) is 16.9 Å². The molecule has 6 heteroatoms. The highest BCUT2D eigenvalue weighted by Gasteiger charge is 2.11. The molecule has 2 N–H and O–H groups in total. The first-order chi connectivity index (χ1) is 12.3. The van der Waals surface area contributed by atoms with E-state index in [2.05, 4.69) is 20.7 Å². The largest absolute Gasteiger partial charge is 0.369 e. The number of hydrogen-bond acceptors (Lipinski definition) is 4. The van der Waals surface area contributed by atoms with Gasteiger partial charge in [-0.3, -0.25) is 4.79 Å². The first-order valence-electron chi connectivity index (χ1n) is 8.78. The highest BCUT2D eigenvalue weighted by molar-refractivity contribution is 5.95. The van der Waals surface area contributed by atoms with Crippen LogP contribution in [0.3, 0.4) is 0 Å². The van der Waals surface area contributed by atoms with Gasteiger partial charge in [0.15, 0.2) is 5.65 Å². The van der Waals surface area contributed by atoms with Gasteiger partial charge in [-0.15, -0.1) is 5.10 Å². The number of carbonyl (C=O) groups excluding carboxylic acids is 1. The molecule has 1 aromatic carbocycles. The Labute approximate surface area is 146 Å². The number of fused-ring (bicyclic) bond motifs is 4. The fourth-order valence-electron chi connectivity index (χ4n) is 3.11. The van der Waals surface area contributed by atoms with Gasteiger partial charge in [-0.2, -0.15) is 0 Å². The summed E-state index contributed by atoms with van der Waals surface area (Å²) in [5, 5.41) is 11.1. The van der Waals surface area contributed by atoms with Crippen molar-refractivity contribution in [2.75, 3.05) is 18.4 Å². The van der Waals surface area contributed by atoms with Crippen molar-refractivity contribution in [1.82, 2.24) is 19.9 Å². The lowest BCUT2D eigenvalue weighted by molar-refractivity contribution is 0.0953. The van der Waals surface area contributed by atoms with Crippen molar-refractivity contribution in [3.63, 3.8) is 0 Å². The zero-order chi connectivity index (χ0) is 17.1. The third kappa shape index (κ3) is 3.33. The third-order valence-corrected chi connectivity index (χ3v) is 4.48. The predicted molar refractivity (Wildman–Crippen MR) is 97.7 cm³/mol. The quantitative estimate of drug-likeness (QED) is 0.662. The van der Waals surface area contributed by atoms with Crippen molar-refractivity contribution in [1.29, 1.82) is 0 Å². The van der Waals surface area contributed by atoms with Crippen molar-refractivity contribution >= 4 is 17.4 Å². The lowest BCUT2D eigenvalue weighted by Gasteiger charge is -2.10. The van der Waals surface area contributed by atoms with Crippen LogP contribution in [-0.4, -0.2) is 33.6 Å². The summed E-state index contributed by atoms with van der Waals surface area (Å²) in [6, 6.07) is 11.5. The van der Waals surface area contributed by atoms with Gasteiger partial charge in [-0.1, -0.05) is 25.0 Å². The molecular formula is C19H21N5O. The summed E-state index contributed by atoms with van der Waals surface area (Å²) in [4.78, 5) is 16.8. The molecular weight excluding hydrogens is 314 g/mol. The molecule has 3 aromatic rings. The van der Waals surface area contributed by atoms with Crippen LogP contribution in [0.4, 0.5) is 5.82 Å². The van der Waals surface area contributed by atoms with E-state index in [1.165, 1.54) is 0 Å². The van der Waals surface area contributed by atoms with E-state index in [0.29, 0.717) is 12.1 Å². The normalized spacial score (nSPS) is 15.8. The molecule has 3 heterocycles. The summed E-state index contributed by atoms with van der Waals surface area (Å²) >= 11 is 0. The molecule has 128 valence electrons. The van der Waals surface area contributed by atoms with Crippen LogP contribution < -0.4 is 10.6 Å². The fourth-order valence-corrected chi connectivity index (χ4v) is 3.11. The summed E-state index contributed by atoms with van der Waals surface area (Å²) in [5.74, 6) is 0.811. The summed E-state index contributed by atoms with van der Waals surface area (Å²) in [6.07, 6.45) is 6.13. The Morgan fingerprint density at radius 1 is 0.920 bits per heavy atom. The molecule has 4 rings (SSSR count). The van der Waals surface area contributed by atoms with Gasteiger partial charge in [-0.05, 0) is 37.1 Å². The van der Waals surface area contributed by atoms with E-state index in [1.807, 2.05) is 40.9 Å². The molecule has 0 fully saturated rings. The average molecular weight is 335 g/mol. The number of nitrogens with one attached hydrogen (secondary N) is 2. The van der Waals surface area contributed by atoms with Crippen molar-refractivity contribution < 1.29 is 4.79 Å². The molecule has 0 unspecified atom stereocenters. The maximum absolute atomic E-state index is 12.4. The van der Waals surface area contributed by atoms with E-state index in [-0.39, 0.29) is 5.91 Å². The van der Waals surface area contributed by atoms with Crippen LogP contribution in [0.15, 0.2) is 42.6 Å². The molecule has 25 heavy (non-hydrogen) atoms. The summed E-state index contributed by atoms with van der Waals surface area (Å²) in [5.41, 5.74) is 3.25. The zero-order valence-corrected chi connectivity index (χ0v) is 14.0. The van der Waals surface area contributed by atoms with Crippen LogP contribution in [0.5, 0.6) is 0 Å². The number of benzene rings is 1. The molecule has 4 bridgehead atoms. The number of nitrogens with zero attached hydrogens (tertiary/aromatic N) is 3. The van der Waals surface area contributed by atoms with Gasteiger partial charge in [0.1, 0.15) is 5.82 Å². The third-order valence-electron chi connectivity index (χ3n) is 4.48. The van der Waals surface area contributed by atoms with E-state index < -0.39 is 0 Å². The smallest absolute Gasteiger partial charge is 0.251 e. The van der Waals surface area contributed by atoms with Crippen molar-refractivity contribution in [2.24, 2.45) is 0 Å². The summed E-state index contributed by atoms with van der Waals surface area (Å²) in [6.45, 7) is 1.61. The second kappa shape index (κ2) is 6.93. The second-order valence-corrected chi connectivity index (χ2v) is 6.31. The van der Waals surface area contributed by atoms with Gasteiger partial charge in [0, 0.05) is 24.2 Å². The molecule has 0 radical (unpaired) electrons. The number of aromatic nitrogens is 3. The van der Waals surface area contributed by atoms with Gasteiger partial charge in [0.25, 0.3) is 5.91 Å². The van der Waals surface area contributed by atoms with Crippen LogP contribution in [0.2, 0.25) is 0 Å². The van der Waals surface area contributed by atoms with Gasteiger partial charge in [-0.25, -0.2) is 9.50 Å². The molecule has 6 nitrogen and oxygen atoms in total. The second-order valence-electron chi connectivity index (χ2n) is 6.31. The molecule has 0 spiro atoms.